The Bertz CT molecular complexity index is 1440. The molecule has 3 heterocycles. The maximum atomic E-state index is 13.0. The Morgan fingerprint density at radius 2 is 1.82 bits per heavy atom. The van der Waals surface area contributed by atoms with Crippen LogP contribution in [0.1, 0.15) is 5.56 Å². The number of benzene rings is 2. The summed E-state index contributed by atoms with van der Waals surface area (Å²) in [6, 6.07) is 13.8. The van der Waals surface area contributed by atoms with Crippen molar-refractivity contribution >= 4 is 24.0 Å². The van der Waals surface area contributed by atoms with Crippen molar-refractivity contribution in [1.29, 1.82) is 0 Å². The zero-order chi connectivity index (χ0) is 26.3. The van der Waals surface area contributed by atoms with Gasteiger partial charge in [0.15, 0.2) is 5.82 Å². The summed E-state index contributed by atoms with van der Waals surface area (Å²) in [5, 5.41) is 11.6. The van der Waals surface area contributed by atoms with Gasteiger partial charge in [0, 0.05) is 48.7 Å². The predicted octanol–water partition coefficient (Wildman–Crippen LogP) is 1.35. The van der Waals surface area contributed by atoms with E-state index in [1.807, 2.05) is 24.3 Å². The summed E-state index contributed by atoms with van der Waals surface area (Å²) in [6.45, 7) is 2.85. The smallest absolute Gasteiger partial charge is 0.340 e. The van der Waals surface area contributed by atoms with Crippen LogP contribution in [-0.4, -0.2) is 69.8 Å². The molecule has 38 heavy (non-hydrogen) atoms. The second-order valence-electron chi connectivity index (χ2n) is 8.71. The van der Waals surface area contributed by atoms with Gasteiger partial charge in [-0.25, -0.2) is 19.9 Å². The van der Waals surface area contributed by atoms with Crippen molar-refractivity contribution in [3.05, 3.63) is 77.0 Å². The van der Waals surface area contributed by atoms with Crippen LogP contribution in [0.2, 0.25) is 0 Å². The monoisotopic (exact) mass is 514 g/mol. The van der Waals surface area contributed by atoms with Crippen LogP contribution in [0.5, 0.6) is 0 Å². The highest BCUT2D eigenvalue weighted by Crippen LogP contribution is 2.22. The molecule has 1 atom stereocenters. The first-order chi connectivity index (χ1) is 18.6. The third-order valence-corrected chi connectivity index (χ3v) is 6.15. The van der Waals surface area contributed by atoms with Gasteiger partial charge in [0.25, 0.3) is 0 Å². The molecule has 0 saturated carbocycles. The predicted molar refractivity (Wildman–Crippen MR) is 140 cm³/mol. The summed E-state index contributed by atoms with van der Waals surface area (Å²) in [5.41, 5.74) is 3.46. The molecule has 1 fully saturated rings. The number of amides is 2. The van der Waals surface area contributed by atoms with Crippen molar-refractivity contribution in [2.75, 3.05) is 36.5 Å². The number of aromatic amines is 2. The number of ether oxygens (including phenoxy) is 1. The van der Waals surface area contributed by atoms with E-state index in [0.717, 1.165) is 29.8 Å². The number of nitrogens with zero attached hydrogens (tertiary/aromatic N) is 4. The van der Waals surface area contributed by atoms with Crippen molar-refractivity contribution in [3.8, 4) is 22.5 Å². The van der Waals surface area contributed by atoms with E-state index < -0.39 is 11.7 Å². The van der Waals surface area contributed by atoms with Crippen molar-refractivity contribution in [2.24, 2.45) is 0 Å². The van der Waals surface area contributed by atoms with Gasteiger partial charge in [0.05, 0.1) is 13.2 Å². The Morgan fingerprint density at radius 1 is 1.05 bits per heavy atom. The van der Waals surface area contributed by atoms with Gasteiger partial charge < -0.3 is 20.3 Å². The van der Waals surface area contributed by atoms with Gasteiger partial charge >= 0.3 is 5.69 Å². The maximum absolute atomic E-state index is 13.0. The number of hydrogen-bond donors (Lipinski definition) is 4. The normalized spacial score (nSPS) is 14.1. The lowest BCUT2D eigenvalue weighted by Crippen LogP contribution is -2.41. The molecule has 12 nitrogen and oxygen atoms in total. The molecule has 2 aromatic carbocycles. The molecule has 4 aromatic rings. The highest BCUT2D eigenvalue weighted by molar-refractivity contribution is 5.96. The fraction of sp³-hybridized carbons (Fsp3) is 0.231. The molecule has 0 radical (unpaired) electrons. The molecule has 1 aliphatic rings. The lowest BCUT2D eigenvalue weighted by molar-refractivity contribution is -0.121. The van der Waals surface area contributed by atoms with E-state index in [-0.39, 0.29) is 12.3 Å². The van der Waals surface area contributed by atoms with Gasteiger partial charge in [-0.3, -0.25) is 14.6 Å². The van der Waals surface area contributed by atoms with Crippen molar-refractivity contribution in [2.45, 2.75) is 12.5 Å². The quantitative estimate of drug-likeness (QED) is 0.244. The number of carbonyl (C=O) groups is 2. The van der Waals surface area contributed by atoms with E-state index >= 15 is 0 Å². The first-order valence-corrected chi connectivity index (χ1v) is 12.1. The number of hydrogen-bond acceptors (Lipinski definition) is 8. The lowest BCUT2D eigenvalue weighted by atomic mass is 10.0. The van der Waals surface area contributed by atoms with Crippen molar-refractivity contribution < 1.29 is 14.3 Å². The molecule has 1 aliphatic heterocycles. The number of H-pyrrole nitrogens is 2. The average molecular weight is 515 g/mol. The van der Waals surface area contributed by atoms with Crippen LogP contribution in [0.15, 0.2) is 65.7 Å². The number of aromatic nitrogens is 5. The average Bonchev–Trinajstić information content (AvgIpc) is 3.40. The first kappa shape index (κ1) is 24.8. The SMILES string of the molecule is O=CN[C@@H](Cc1cccc(-c2cnc(N3CCOCC3)nc2)c1)C(=O)Nc1ccc(-c2n[nH]c(=O)[nH]2)cc1. The largest absolute Gasteiger partial charge is 0.378 e. The standard InChI is InChI=1S/C26H26N8O4/c35-16-29-22(24(36)30-21-6-4-18(5-7-21)23-31-26(37)33-32-23)13-17-2-1-3-19(12-17)20-14-27-25(28-15-20)34-8-10-38-11-9-34/h1-7,12,14-16,22H,8-11,13H2,(H,29,35)(H,30,36)(H2,31,32,33,37)/t22-/m0/s1. The summed E-state index contributed by atoms with van der Waals surface area (Å²) in [4.78, 5) is 49.2. The number of morpholine rings is 1. The van der Waals surface area contributed by atoms with E-state index in [1.165, 1.54) is 0 Å². The Morgan fingerprint density at radius 3 is 2.50 bits per heavy atom. The fourth-order valence-corrected chi connectivity index (χ4v) is 4.17. The summed E-state index contributed by atoms with van der Waals surface area (Å²) in [5.74, 6) is 0.710. The topological polar surface area (TPSA) is 158 Å². The van der Waals surface area contributed by atoms with Crippen LogP contribution in [0.3, 0.4) is 0 Å². The molecule has 0 bridgehead atoms. The third-order valence-electron chi connectivity index (χ3n) is 6.15. The molecular weight excluding hydrogens is 488 g/mol. The minimum atomic E-state index is -0.787. The Labute approximate surface area is 217 Å². The molecular formula is C26H26N8O4. The van der Waals surface area contributed by atoms with Gasteiger partial charge in [0.1, 0.15) is 6.04 Å². The highest BCUT2D eigenvalue weighted by atomic mass is 16.5. The van der Waals surface area contributed by atoms with Crippen LogP contribution < -0.4 is 21.2 Å². The molecule has 5 rings (SSSR count). The van der Waals surface area contributed by atoms with E-state index in [2.05, 4.69) is 40.7 Å². The van der Waals surface area contributed by atoms with E-state index in [9.17, 15) is 14.4 Å². The molecule has 1 saturated heterocycles. The summed E-state index contributed by atoms with van der Waals surface area (Å²) < 4.78 is 5.38. The second-order valence-corrected chi connectivity index (χ2v) is 8.71. The molecule has 194 valence electrons. The zero-order valence-electron chi connectivity index (χ0n) is 20.4. The number of rotatable bonds is 9. The minimum Gasteiger partial charge on any atom is -0.378 e. The number of carbonyl (C=O) groups excluding carboxylic acids is 2. The molecule has 2 amide bonds. The van der Waals surface area contributed by atoms with Gasteiger partial charge in [-0.15, -0.1) is 0 Å². The van der Waals surface area contributed by atoms with E-state index in [0.29, 0.717) is 42.6 Å². The Balaban J connectivity index is 1.25. The highest BCUT2D eigenvalue weighted by Gasteiger charge is 2.19. The number of nitrogens with one attached hydrogen (secondary N) is 4. The first-order valence-electron chi connectivity index (χ1n) is 12.1. The van der Waals surface area contributed by atoms with Gasteiger partial charge in [-0.1, -0.05) is 24.3 Å². The van der Waals surface area contributed by atoms with Gasteiger partial charge in [-0.2, -0.15) is 5.10 Å². The second kappa shape index (κ2) is 11.5. The van der Waals surface area contributed by atoms with Gasteiger partial charge in [0.2, 0.25) is 18.3 Å². The molecule has 0 aliphatic carbocycles. The van der Waals surface area contributed by atoms with E-state index in [4.69, 9.17) is 4.74 Å². The van der Waals surface area contributed by atoms with Gasteiger partial charge in [-0.05, 0) is 35.4 Å². The fourth-order valence-electron chi connectivity index (χ4n) is 4.17. The summed E-state index contributed by atoms with van der Waals surface area (Å²) >= 11 is 0. The van der Waals surface area contributed by atoms with Crippen LogP contribution in [0, 0.1) is 0 Å². The summed E-state index contributed by atoms with van der Waals surface area (Å²) in [7, 11) is 0. The minimum absolute atomic E-state index is 0.289. The van der Waals surface area contributed by atoms with Crippen LogP contribution >= 0.6 is 0 Å². The van der Waals surface area contributed by atoms with E-state index in [1.54, 1.807) is 36.7 Å². The summed E-state index contributed by atoms with van der Waals surface area (Å²) in [6.07, 6.45) is 4.38. The maximum Gasteiger partial charge on any atom is 0.340 e. The Hall–Kier alpha value is -4.84. The zero-order valence-corrected chi connectivity index (χ0v) is 20.4. The Kier molecular flexibility index (Phi) is 7.50. The molecule has 4 N–H and O–H groups in total. The molecule has 2 aromatic heterocycles. The third kappa shape index (κ3) is 5.93. The van der Waals surface area contributed by atoms with Crippen molar-refractivity contribution in [1.82, 2.24) is 30.5 Å². The van der Waals surface area contributed by atoms with Crippen LogP contribution in [0.4, 0.5) is 11.6 Å². The molecule has 12 heteroatoms. The van der Waals surface area contributed by atoms with Crippen LogP contribution in [-0.2, 0) is 20.7 Å². The van der Waals surface area contributed by atoms with Crippen LogP contribution in [0.25, 0.3) is 22.5 Å². The lowest BCUT2D eigenvalue weighted by Gasteiger charge is -2.26. The molecule has 0 unspecified atom stereocenters. The number of anilines is 2. The molecule has 0 spiro atoms. The van der Waals surface area contributed by atoms with Crippen molar-refractivity contribution in [3.63, 3.8) is 0 Å².